The fraction of sp³-hybridized carbons (Fsp3) is 0.238. The number of carbonyl (C=O) groups excluding carboxylic acids is 2. The van der Waals surface area contributed by atoms with Crippen LogP contribution in [0.3, 0.4) is 0 Å². The average Bonchev–Trinajstić information content (AvgIpc) is 3.27. The second-order valence-electron chi connectivity index (χ2n) is 6.52. The van der Waals surface area contributed by atoms with Crippen molar-refractivity contribution >= 4 is 35.4 Å². The van der Waals surface area contributed by atoms with E-state index in [9.17, 15) is 9.59 Å². The number of rotatable bonds is 7. The standard InChI is InChI=1S/C21H21ClN4O4/c1-4-17(21(28)23-18-12-13(2)30-25-18)29-19(27)11-10-16-14(3)24-26(20(16)22)15-8-6-5-7-9-15/h5-12,17H,4H2,1-3H3,(H,23,25,28)/b11-10+. The summed E-state index contributed by atoms with van der Waals surface area (Å²) < 4.78 is 11.8. The first kappa shape index (κ1) is 21.3. The number of hydrogen-bond donors (Lipinski definition) is 1. The third kappa shape index (κ3) is 4.96. The molecule has 0 bridgehead atoms. The number of anilines is 1. The number of ether oxygens (including phenoxy) is 1. The Morgan fingerprint density at radius 3 is 2.67 bits per heavy atom. The molecule has 30 heavy (non-hydrogen) atoms. The van der Waals surface area contributed by atoms with E-state index in [1.54, 1.807) is 31.5 Å². The molecular formula is C21H21ClN4O4. The molecule has 0 aliphatic heterocycles. The molecule has 2 heterocycles. The molecule has 3 aromatic rings. The van der Waals surface area contributed by atoms with Crippen LogP contribution in [0.2, 0.25) is 5.15 Å². The Hall–Kier alpha value is -3.39. The Morgan fingerprint density at radius 2 is 2.03 bits per heavy atom. The van der Waals surface area contributed by atoms with Crippen LogP contribution in [0, 0.1) is 13.8 Å². The van der Waals surface area contributed by atoms with Crippen LogP contribution in [0.1, 0.15) is 30.4 Å². The minimum Gasteiger partial charge on any atom is -0.449 e. The number of aryl methyl sites for hydroxylation is 2. The van der Waals surface area contributed by atoms with Crippen LogP contribution >= 0.6 is 11.6 Å². The quantitative estimate of drug-likeness (QED) is 0.449. The molecule has 1 amide bonds. The van der Waals surface area contributed by atoms with Crippen molar-refractivity contribution in [3.63, 3.8) is 0 Å². The summed E-state index contributed by atoms with van der Waals surface area (Å²) in [6.45, 7) is 5.23. The van der Waals surface area contributed by atoms with E-state index in [1.165, 1.54) is 12.2 Å². The molecule has 0 radical (unpaired) electrons. The molecule has 1 N–H and O–H groups in total. The highest BCUT2D eigenvalue weighted by molar-refractivity contribution is 6.31. The molecule has 0 aliphatic carbocycles. The third-order valence-corrected chi connectivity index (χ3v) is 4.60. The highest BCUT2D eigenvalue weighted by Crippen LogP contribution is 2.24. The smallest absolute Gasteiger partial charge is 0.331 e. The van der Waals surface area contributed by atoms with Crippen LogP contribution in [0.15, 0.2) is 47.0 Å². The van der Waals surface area contributed by atoms with Crippen molar-refractivity contribution in [3.8, 4) is 5.69 Å². The second kappa shape index (κ2) is 9.41. The second-order valence-corrected chi connectivity index (χ2v) is 6.87. The summed E-state index contributed by atoms with van der Waals surface area (Å²) in [5.41, 5.74) is 2.05. The normalized spacial score (nSPS) is 12.1. The van der Waals surface area contributed by atoms with Gasteiger partial charge in [0.15, 0.2) is 11.9 Å². The SMILES string of the molecule is CCC(OC(=O)/C=C/c1c(C)nn(-c2ccccc2)c1Cl)C(=O)Nc1cc(C)on1. The van der Waals surface area contributed by atoms with Gasteiger partial charge in [-0.3, -0.25) is 4.79 Å². The number of nitrogens with zero attached hydrogens (tertiary/aromatic N) is 3. The summed E-state index contributed by atoms with van der Waals surface area (Å²) >= 11 is 6.44. The predicted octanol–water partition coefficient (Wildman–Crippen LogP) is 4.10. The lowest BCUT2D eigenvalue weighted by molar-refractivity contribution is -0.149. The molecule has 3 rings (SSSR count). The maximum atomic E-state index is 12.3. The molecule has 156 valence electrons. The van der Waals surface area contributed by atoms with Crippen LogP contribution in [0.25, 0.3) is 11.8 Å². The lowest BCUT2D eigenvalue weighted by Gasteiger charge is -2.13. The molecule has 2 aromatic heterocycles. The van der Waals surface area contributed by atoms with Crippen molar-refractivity contribution in [2.24, 2.45) is 0 Å². The average molecular weight is 429 g/mol. The first-order valence-corrected chi connectivity index (χ1v) is 9.70. The molecule has 0 saturated carbocycles. The largest absolute Gasteiger partial charge is 0.449 e. The fourth-order valence-corrected chi connectivity index (χ4v) is 3.06. The van der Waals surface area contributed by atoms with Gasteiger partial charge in [0.1, 0.15) is 10.9 Å². The molecule has 9 heteroatoms. The first-order valence-electron chi connectivity index (χ1n) is 9.32. The van der Waals surface area contributed by atoms with E-state index < -0.39 is 18.0 Å². The number of esters is 1. The summed E-state index contributed by atoms with van der Waals surface area (Å²) in [5, 5.41) is 11.0. The van der Waals surface area contributed by atoms with E-state index in [2.05, 4.69) is 15.6 Å². The van der Waals surface area contributed by atoms with Gasteiger partial charge in [-0.15, -0.1) is 0 Å². The van der Waals surface area contributed by atoms with Crippen molar-refractivity contribution in [3.05, 3.63) is 64.6 Å². The van der Waals surface area contributed by atoms with Crippen molar-refractivity contribution in [1.29, 1.82) is 0 Å². The van der Waals surface area contributed by atoms with Gasteiger partial charge in [-0.25, -0.2) is 9.48 Å². The number of para-hydroxylation sites is 1. The van der Waals surface area contributed by atoms with Crippen molar-refractivity contribution < 1.29 is 18.8 Å². The first-order chi connectivity index (χ1) is 14.4. The number of carbonyl (C=O) groups is 2. The Labute approximate surface area is 178 Å². The summed E-state index contributed by atoms with van der Waals surface area (Å²) in [4.78, 5) is 24.6. The lowest BCUT2D eigenvalue weighted by Crippen LogP contribution is -2.31. The maximum Gasteiger partial charge on any atom is 0.331 e. The predicted molar refractivity (Wildman–Crippen MR) is 112 cm³/mol. The summed E-state index contributed by atoms with van der Waals surface area (Å²) in [5.74, 6) is -0.338. The zero-order valence-corrected chi connectivity index (χ0v) is 17.5. The van der Waals surface area contributed by atoms with Crippen molar-refractivity contribution in [2.75, 3.05) is 5.32 Å². The minimum atomic E-state index is -0.970. The molecule has 8 nitrogen and oxygen atoms in total. The van der Waals surface area contributed by atoms with Crippen molar-refractivity contribution in [1.82, 2.24) is 14.9 Å². The van der Waals surface area contributed by atoms with Gasteiger partial charge in [-0.2, -0.15) is 5.10 Å². The van der Waals surface area contributed by atoms with Gasteiger partial charge >= 0.3 is 5.97 Å². The molecular weight excluding hydrogens is 408 g/mol. The highest BCUT2D eigenvalue weighted by atomic mass is 35.5. The van der Waals surface area contributed by atoms with Gasteiger partial charge < -0.3 is 14.6 Å². The minimum absolute atomic E-state index is 0.262. The summed E-state index contributed by atoms with van der Waals surface area (Å²) in [6.07, 6.45) is 2.08. The Morgan fingerprint density at radius 1 is 1.30 bits per heavy atom. The molecule has 1 aromatic carbocycles. The summed E-state index contributed by atoms with van der Waals surface area (Å²) in [7, 11) is 0. The van der Waals surface area contributed by atoms with Crippen LogP contribution in [0.5, 0.6) is 0 Å². The van der Waals surface area contributed by atoms with Gasteiger partial charge in [-0.1, -0.05) is 41.9 Å². The Kier molecular flexibility index (Phi) is 6.68. The van der Waals surface area contributed by atoms with Gasteiger partial charge in [-0.05, 0) is 38.5 Å². The third-order valence-electron chi connectivity index (χ3n) is 4.24. The molecule has 0 fully saturated rings. The number of amides is 1. The lowest BCUT2D eigenvalue weighted by atomic mass is 10.2. The van der Waals surface area contributed by atoms with Crippen LogP contribution in [0.4, 0.5) is 5.82 Å². The van der Waals surface area contributed by atoms with E-state index >= 15 is 0 Å². The number of nitrogens with one attached hydrogen (secondary N) is 1. The topological polar surface area (TPSA) is 99.2 Å². The highest BCUT2D eigenvalue weighted by Gasteiger charge is 2.21. The molecule has 0 aliphatic rings. The van der Waals surface area contributed by atoms with Crippen LogP contribution in [-0.4, -0.2) is 32.9 Å². The van der Waals surface area contributed by atoms with Gasteiger partial charge in [0.2, 0.25) is 0 Å². The fourth-order valence-electron chi connectivity index (χ4n) is 2.73. The van der Waals surface area contributed by atoms with Gasteiger partial charge in [0.25, 0.3) is 5.91 Å². The molecule has 1 unspecified atom stereocenters. The summed E-state index contributed by atoms with van der Waals surface area (Å²) in [6, 6.07) is 11.0. The monoisotopic (exact) mass is 428 g/mol. The van der Waals surface area contributed by atoms with Crippen molar-refractivity contribution in [2.45, 2.75) is 33.3 Å². The van der Waals surface area contributed by atoms with Gasteiger partial charge in [0.05, 0.1) is 11.4 Å². The molecule has 1 atom stereocenters. The number of aromatic nitrogens is 3. The van der Waals surface area contributed by atoms with E-state index in [4.69, 9.17) is 20.9 Å². The number of benzene rings is 1. The zero-order chi connectivity index (χ0) is 21.7. The number of halogens is 1. The van der Waals surface area contributed by atoms with Crippen LogP contribution in [-0.2, 0) is 14.3 Å². The Balaban J connectivity index is 1.68. The Bertz CT molecular complexity index is 1070. The van der Waals surface area contributed by atoms with Crippen LogP contribution < -0.4 is 5.32 Å². The zero-order valence-electron chi connectivity index (χ0n) is 16.8. The van der Waals surface area contributed by atoms with Gasteiger partial charge in [0, 0.05) is 17.7 Å². The van der Waals surface area contributed by atoms with E-state index in [0.29, 0.717) is 28.6 Å². The van der Waals surface area contributed by atoms with E-state index in [-0.39, 0.29) is 5.82 Å². The molecule has 0 saturated heterocycles. The number of hydrogen-bond acceptors (Lipinski definition) is 6. The maximum absolute atomic E-state index is 12.3. The van der Waals surface area contributed by atoms with E-state index in [0.717, 1.165) is 5.69 Å². The molecule has 0 spiro atoms. The van der Waals surface area contributed by atoms with E-state index in [1.807, 2.05) is 30.3 Å².